The van der Waals surface area contributed by atoms with Crippen molar-refractivity contribution in [1.29, 1.82) is 0 Å². The van der Waals surface area contributed by atoms with Crippen LogP contribution in [0.15, 0.2) is 0 Å². The van der Waals surface area contributed by atoms with Crippen molar-refractivity contribution in [1.82, 2.24) is 5.32 Å². The Balaban J connectivity index is 3.55. The first-order valence-electron chi connectivity index (χ1n) is 4.41. The van der Waals surface area contributed by atoms with Gasteiger partial charge in [-0.15, -0.1) is 0 Å². The fourth-order valence-corrected chi connectivity index (χ4v) is 0.717. The van der Waals surface area contributed by atoms with Gasteiger partial charge in [-0.3, -0.25) is 0 Å². The predicted octanol–water partition coefficient (Wildman–Crippen LogP) is 1.22. The van der Waals surface area contributed by atoms with Crippen molar-refractivity contribution in [2.24, 2.45) is 17.1 Å². The molecule has 0 amide bonds. The molecular formula is C9H22N2. The minimum atomic E-state index is 0.384. The second-order valence-corrected chi connectivity index (χ2v) is 4.11. The number of nitrogens with one attached hydrogen (secondary N) is 1. The summed E-state index contributed by atoms with van der Waals surface area (Å²) in [5, 5.41) is 3.33. The van der Waals surface area contributed by atoms with Crippen LogP contribution in [-0.4, -0.2) is 19.6 Å². The van der Waals surface area contributed by atoms with Crippen LogP contribution in [0.1, 0.15) is 27.7 Å². The van der Waals surface area contributed by atoms with Gasteiger partial charge >= 0.3 is 0 Å². The van der Waals surface area contributed by atoms with Crippen molar-refractivity contribution in [3.8, 4) is 0 Å². The zero-order valence-electron chi connectivity index (χ0n) is 8.28. The van der Waals surface area contributed by atoms with Gasteiger partial charge in [0.2, 0.25) is 0 Å². The van der Waals surface area contributed by atoms with Gasteiger partial charge < -0.3 is 11.1 Å². The van der Waals surface area contributed by atoms with E-state index in [1.54, 1.807) is 0 Å². The summed E-state index contributed by atoms with van der Waals surface area (Å²) in [5.41, 5.74) is 5.76. The van der Waals surface area contributed by atoms with Crippen LogP contribution in [0.3, 0.4) is 0 Å². The van der Waals surface area contributed by atoms with Crippen LogP contribution in [0, 0.1) is 11.3 Å². The average molecular weight is 158 g/mol. The molecule has 0 aromatic heterocycles. The van der Waals surface area contributed by atoms with Crippen LogP contribution < -0.4 is 11.1 Å². The van der Waals surface area contributed by atoms with Crippen LogP contribution in [0.25, 0.3) is 0 Å². The molecule has 0 rings (SSSR count). The van der Waals surface area contributed by atoms with E-state index in [-0.39, 0.29) is 0 Å². The zero-order chi connectivity index (χ0) is 8.91. The van der Waals surface area contributed by atoms with E-state index >= 15 is 0 Å². The van der Waals surface area contributed by atoms with Gasteiger partial charge in [-0.1, -0.05) is 27.7 Å². The number of nitrogens with two attached hydrogens (primary N) is 1. The van der Waals surface area contributed by atoms with E-state index in [4.69, 9.17) is 5.73 Å². The summed E-state index contributed by atoms with van der Waals surface area (Å²) < 4.78 is 0. The predicted molar refractivity (Wildman–Crippen MR) is 50.5 cm³/mol. The fourth-order valence-electron chi connectivity index (χ4n) is 0.717. The lowest BCUT2D eigenvalue weighted by Crippen LogP contribution is -2.35. The first-order valence-corrected chi connectivity index (χ1v) is 4.41. The molecule has 0 saturated heterocycles. The third kappa shape index (κ3) is 4.38. The highest BCUT2D eigenvalue weighted by Crippen LogP contribution is 2.24. The van der Waals surface area contributed by atoms with Gasteiger partial charge in [-0.05, 0) is 11.3 Å². The van der Waals surface area contributed by atoms with Gasteiger partial charge in [-0.2, -0.15) is 0 Å². The molecule has 11 heavy (non-hydrogen) atoms. The Bertz CT molecular complexity index is 97.7. The zero-order valence-corrected chi connectivity index (χ0v) is 8.28. The number of hydrogen-bond acceptors (Lipinski definition) is 2. The number of rotatable bonds is 5. The lowest BCUT2D eigenvalue weighted by atomic mass is 9.81. The van der Waals surface area contributed by atoms with Crippen LogP contribution in [0.5, 0.6) is 0 Å². The van der Waals surface area contributed by atoms with Gasteiger partial charge in [-0.25, -0.2) is 0 Å². The van der Waals surface area contributed by atoms with Gasteiger partial charge in [0.1, 0.15) is 0 Å². The maximum Gasteiger partial charge on any atom is 0.00747 e. The molecule has 0 bridgehead atoms. The molecule has 68 valence electrons. The molecule has 0 aromatic rings. The maximum absolute atomic E-state index is 5.37. The monoisotopic (exact) mass is 158 g/mol. The largest absolute Gasteiger partial charge is 0.329 e. The summed E-state index contributed by atoms with van der Waals surface area (Å²) in [6, 6.07) is 0. The minimum absolute atomic E-state index is 0.384. The van der Waals surface area contributed by atoms with Crippen molar-refractivity contribution < 1.29 is 0 Å². The first kappa shape index (κ1) is 10.9. The Labute approximate surface area is 70.5 Å². The van der Waals surface area contributed by atoms with Crippen LogP contribution in [0.2, 0.25) is 0 Å². The Hall–Kier alpha value is -0.0800. The molecule has 0 spiro atoms. The third-order valence-corrected chi connectivity index (χ3v) is 2.46. The molecule has 0 unspecified atom stereocenters. The summed E-state index contributed by atoms with van der Waals surface area (Å²) in [5.74, 6) is 0.716. The Morgan fingerprint density at radius 1 is 1.36 bits per heavy atom. The van der Waals surface area contributed by atoms with Gasteiger partial charge in [0.05, 0.1) is 0 Å². The lowest BCUT2D eigenvalue weighted by Gasteiger charge is -2.29. The highest BCUT2D eigenvalue weighted by Gasteiger charge is 2.20. The van der Waals surface area contributed by atoms with Gasteiger partial charge in [0.15, 0.2) is 0 Å². The minimum Gasteiger partial charge on any atom is -0.329 e. The Kier molecular flexibility index (Phi) is 4.69. The van der Waals surface area contributed by atoms with Gasteiger partial charge in [0.25, 0.3) is 0 Å². The van der Waals surface area contributed by atoms with E-state index in [1.807, 2.05) is 0 Å². The summed E-state index contributed by atoms with van der Waals surface area (Å²) in [6.07, 6.45) is 0. The summed E-state index contributed by atoms with van der Waals surface area (Å²) in [4.78, 5) is 0. The smallest absolute Gasteiger partial charge is 0.00747 e. The van der Waals surface area contributed by atoms with E-state index in [1.165, 1.54) is 0 Å². The molecular weight excluding hydrogens is 136 g/mol. The standard InChI is InChI=1S/C9H22N2/c1-8(2)9(3,4)7-11-6-5-10/h8,11H,5-7,10H2,1-4H3. The summed E-state index contributed by atoms with van der Waals surface area (Å²) in [6.45, 7) is 11.8. The molecule has 3 N–H and O–H groups in total. The molecule has 0 atom stereocenters. The highest BCUT2D eigenvalue weighted by molar-refractivity contribution is 4.74. The van der Waals surface area contributed by atoms with Crippen molar-refractivity contribution in [3.63, 3.8) is 0 Å². The van der Waals surface area contributed by atoms with E-state index < -0.39 is 0 Å². The third-order valence-electron chi connectivity index (χ3n) is 2.46. The molecule has 0 aromatic carbocycles. The van der Waals surface area contributed by atoms with Crippen LogP contribution in [-0.2, 0) is 0 Å². The quantitative estimate of drug-likeness (QED) is 0.590. The van der Waals surface area contributed by atoms with E-state index in [0.717, 1.165) is 19.6 Å². The summed E-state index contributed by atoms with van der Waals surface area (Å²) >= 11 is 0. The molecule has 0 aliphatic heterocycles. The van der Waals surface area contributed by atoms with Crippen molar-refractivity contribution >= 4 is 0 Å². The van der Waals surface area contributed by atoms with E-state index in [0.29, 0.717) is 11.3 Å². The Morgan fingerprint density at radius 3 is 2.27 bits per heavy atom. The molecule has 2 heteroatoms. The molecule has 0 fully saturated rings. The second kappa shape index (κ2) is 4.73. The van der Waals surface area contributed by atoms with Crippen molar-refractivity contribution in [2.45, 2.75) is 27.7 Å². The van der Waals surface area contributed by atoms with Crippen molar-refractivity contribution in [3.05, 3.63) is 0 Å². The molecule has 0 heterocycles. The topological polar surface area (TPSA) is 38.0 Å². The molecule has 2 nitrogen and oxygen atoms in total. The Morgan fingerprint density at radius 2 is 1.91 bits per heavy atom. The SMILES string of the molecule is CC(C)C(C)(C)CNCCN. The molecule has 0 aliphatic carbocycles. The average Bonchev–Trinajstić information content (AvgIpc) is 1.88. The molecule has 0 radical (unpaired) electrons. The first-order chi connectivity index (χ1) is 5.00. The summed E-state index contributed by atoms with van der Waals surface area (Å²) in [7, 11) is 0. The van der Waals surface area contributed by atoms with Crippen LogP contribution in [0.4, 0.5) is 0 Å². The van der Waals surface area contributed by atoms with Crippen LogP contribution >= 0.6 is 0 Å². The second-order valence-electron chi connectivity index (χ2n) is 4.11. The van der Waals surface area contributed by atoms with Gasteiger partial charge in [0, 0.05) is 19.6 Å². The van der Waals surface area contributed by atoms with E-state index in [2.05, 4.69) is 33.0 Å². The number of hydrogen-bond donors (Lipinski definition) is 2. The van der Waals surface area contributed by atoms with Crippen molar-refractivity contribution in [2.75, 3.05) is 19.6 Å². The molecule has 0 aliphatic rings. The fraction of sp³-hybridized carbons (Fsp3) is 1.00. The van der Waals surface area contributed by atoms with E-state index in [9.17, 15) is 0 Å². The molecule has 0 saturated carbocycles. The normalized spacial score (nSPS) is 12.5. The maximum atomic E-state index is 5.37. The lowest BCUT2D eigenvalue weighted by molar-refractivity contribution is 0.239. The highest BCUT2D eigenvalue weighted by atomic mass is 14.9.